The molecule has 0 amide bonds. The van der Waals surface area contributed by atoms with Crippen LogP contribution >= 0.6 is 0 Å². The van der Waals surface area contributed by atoms with Gasteiger partial charge in [-0.3, -0.25) is 0 Å². The van der Waals surface area contributed by atoms with E-state index in [1.165, 1.54) is 11.1 Å². The Kier molecular flexibility index (Phi) is 3.94. The lowest BCUT2D eigenvalue weighted by atomic mass is 10.1. The zero-order chi connectivity index (χ0) is 12.1. The van der Waals surface area contributed by atoms with Crippen molar-refractivity contribution in [3.05, 3.63) is 53.2 Å². The van der Waals surface area contributed by atoms with Crippen LogP contribution in [-0.2, 0) is 12.8 Å². The van der Waals surface area contributed by atoms with Crippen LogP contribution in [0.3, 0.4) is 0 Å². The topological polar surface area (TPSA) is 38.1 Å². The second-order valence-electron chi connectivity index (χ2n) is 4.24. The quantitative estimate of drug-likeness (QED) is 0.856. The molecule has 2 aromatic rings. The highest BCUT2D eigenvalue weighted by Crippen LogP contribution is 2.12. The summed E-state index contributed by atoms with van der Waals surface area (Å²) in [6, 6.07) is 8.43. The van der Waals surface area contributed by atoms with Gasteiger partial charge in [0.05, 0.1) is 6.20 Å². The molecule has 90 valence electrons. The molecule has 1 aromatic carbocycles. The second-order valence-corrected chi connectivity index (χ2v) is 4.24. The molecule has 0 spiro atoms. The molecule has 1 aromatic heterocycles. The van der Waals surface area contributed by atoms with E-state index in [-0.39, 0.29) is 0 Å². The maximum atomic E-state index is 5.68. The molecule has 0 aliphatic rings. The maximum absolute atomic E-state index is 5.68. The van der Waals surface area contributed by atoms with Crippen LogP contribution in [0.15, 0.2) is 34.9 Å². The van der Waals surface area contributed by atoms with E-state index in [0.717, 1.165) is 31.0 Å². The standard InChI is InChI=1S/C14H18N2O/c1-11-4-3-5-12(8-11)9-14-16-10-13(17-14)6-7-15-2/h3-5,8,10,15H,6-7,9H2,1-2H3. The first-order valence-electron chi connectivity index (χ1n) is 5.91. The number of hydrogen-bond donors (Lipinski definition) is 1. The third-order valence-corrected chi connectivity index (χ3v) is 2.66. The zero-order valence-electron chi connectivity index (χ0n) is 10.4. The van der Waals surface area contributed by atoms with Gasteiger partial charge in [-0.2, -0.15) is 0 Å². The highest BCUT2D eigenvalue weighted by Gasteiger charge is 2.04. The molecule has 0 fully saturated rings. The van der Waals surface area contributed by atoms with Crippen LogP contribution in [0.25, 0.3) is 0 Å². The van der Waals surface area contributed by atoms with Crippen molar-refractivity contribution in [2.45, 2.75) is 19.8 Å². The van der Waals surface area contributed by atoms with Crippen LogP contribution < -0.4 is 5.32 Å². The summed E-state index contributed by atoms with van der Waals surface area (Å²) < 4.78 is 5.68. The van der Waals surface area contributed by atoms with Gasteiger partial charge in [-0.15, -0.1) is 0 Å². The molecule has 0 unspecified atom stereocenters. The molecule has 0 atom stereocenters. The average Bonchev–Trinajstić information content (AvgIpc) is 2.74. The number of rotatable bonds is 5. The van der Waals surface area contributed by atoms with Crippen molar-refractivity contribution < 1.29 is 4.42 Å². The highest BCUT2D eigenvalue weighted by atomic mass is 16.4. The fourth-order valence-corrected chi connectivity index (χ4v) is 1.79. The predicted molar refractivity (Wildman–Crippen MR) is 68.1 cm³/mol. The molecule has 0 aliphatic carbocycles. The van der Waals surface area contributed by atoms with E-state index in [0.29, 0.717) is 0 Å². The Labute approximate surface area is 102 Å². The van der Waals surface area contributed by atoms with Crippen molar-refractivity contribution in [3.8, 4) is 0 Å². The number of aromatic nitrogens is 1. The molecule has 0 bridgehead atoms. The molecule has 3 nitrogen and oxygen atoms in total. The van der Waals surface area contributed by atoms with Gasteiger partial charge in [-0.05, 0) is 19.5 Å². The monoisotopic (exact) mass is 230 g/mol. The fourth-order valence-electron chi connectivity index (χ4n) is 1.79. The van der Waals surface area contributed by atoms with Crippen molar-refractivity contribution in [1.82, 2.24) is 10.3 Å². The largest absolute Gasteiger partial charge is 0.445 e. The van der Waals surface area contributed by atoms with Crippen LogP contribution in [-0.4, -0.2) is 18.6 Å². The van der Waals surface area contributed by atoms with Gasteiger partial charge in [0.1, 0.15) is 5.76 Å². The molecule has 2 rings (SSSR count). The Balaban J connectivity index is 2.01. The lowest BCUT2D eigenvalue weighted by molar-refractivity contribution is 0.460. The molecule has 3 heteroatoms. The van der Waals surface area contributed by atoms with Gasteiger partial charge in [-0.1, -0.05) is 29.8 Å². The Morgan fingerprint density at radius 1 is 1.35 bits per heavy atom. The number of nitrogens with one attached hydrogen (secondary N) is 1. The van der Waals surface area contributed by atoms with Crippen LogP contribution in [0.4, 0.5) is 0 Å². The smallest absolute Gasteiger partial charge is 0.198 e. The third-order valence-electron chi connectivity index (χ3n) is 2.66. The fraction of sp³-hybridized carbons (Fsp3) is 0.357. The Morgan fingerprint density at radius 3 is 3.00 bits per heavy atom. The minimum Gasteiger partial charge on any atom is -0.445 e. The molecular weight excluding hydrogens is 212 g/mol. The number of oxazole rings is 1. The van der Waals surface area contributed by atoms with Crippen molar-refractivity contribution in [1.29, 1.82) is 0 Å². The van der Waals surface area contributed by atoms with Crippen LogP contribution in [0, 0.1) is 6.92 Å². The van der Waals surface area contributed by atoms with E-state index in [9.17, 15) is 0 Å². The minimum atomic E-state index is 0.765. The molecule has 0 saturated heterocycles. The average molecular weight is 230 g/mol. The number of hydrogen-bond acceptors (Lipinski definition) is 3. The van der Waals surface area contributed by atoms with Gasteiger partial charge in [0.15, 0.2) is 5.89 Å². The summed E-state index contributed by atoms with van der Waals surface area (Å²) in [4.78, 5) is 4.30. The first-order chi connectivity index (χ1) is 8.28. The van der Waals surface area contributed by atoms with Gasteiger partial charge < -0.3 is 9.73 Å². The summed E-state index contributed by atoms with van der Waals surface area (Å²) in [5, 5.41) is 3.09. The highest BCUT2D eigenvalue weighted by molar-refractivity contribution is 5.24. The number of benzene rings is 1. The second kappa shape index (κ2) is 5.64. The lowest BCUT2D eigenvalue weighted by Gasteiger charge is -1.99. The van der Waals surface area contributed by atoms with E-state index in [1.807, 2.05) is 13.2 Å². The Hall–Kier alpha value is -1.61. The van der Waals surface area contributed by atoms with Crippen molar-refractivity contribution in [2.75, 3.05) is 13.6 Å². The molecule has 1 heterocycles. The predicted octanol–water partition coefficient (Wildman–Crippen LogP) is 2.34. The maximum Gasteiger partial charge on any atom is 0.198 e. The number of aryl methyl sites for hydroxylation is 1. The molecule has 17 heavy (non-hydrogen) atoms. The SMILES string of the molecule is CNCCc1cnc(Cc2cccc(C)c2)o1. The van der Waals surface area contributed by atoms with Gasteiger partial charge in [0.25, 0.3) is 0 Å². The molecule has 0 saturated carbocycles. The lowest BCUT2D eigenvalue weighted by Crippen LogP contribution is -2.09. The first kappa shape index (κ1) is 11.9. The van der Waals surface area contributed by atoms with E-state index >= 15 is 0 Å². The summed E-state index contributed by atoms with van der Waals surface area (Å²) >= 11 is 0. The first-order valence-corrected chi connectivity index (χ1v) is 5.91. The summed E-state index contributed by atoms with van der Waals surface area (Å²) in [5.74, 6) is 1.74. The van der Waals surface area contributed by atoms with E-state index in [1.54, 1.807) is 0 Å². The number of likely N-dealkylation sites (N-methyl/N-ethyl adjacent to an activating group) is 1. The van der Waals surface area contributed by atoms with Gasteiger partial charge >= 0.3 is 0 Å². The van der Waals surface area contributed by atoms with Gasteiger partial charge in [-0.25, -0.2) is 4.98 Å². The molecule has 1 N–H and O–H groups in total. The molecule has 0 radical (unpaired) electrons. The van der Waals surface area contributed by atoms with Crippen LogP contribution in [0.5, 0.6) is 0 Å². The van der Waals surface area contributed by atoms with Gasteiger partial charge in [0.2, 0.25) is 0 Å². The summed E-state index contributed by atoms with van der Waals surface area (Å²) in [6.45, 7) is 3.01. The third kappa shape index (κ3) is 3.43. The summed E-state index contributed by atoms with van der Waals surface area (Å²) in [7, 11) is 1.93. The Bertz CT molecular complexity index is 477. The van der Waals surface area contributed by atoms with Crippen LogP contribution in [0.1, 0.15) is 22.8 Å². The normalized spacial score (nSPS) is 10.7. The van der Waals surface area contributed by atoms with Crippen molar-refractivity contribution in [3.63, 3.8) is 0 Å². The molecular formula is C14H18N2O. The summed E-state index contributed by atoms with van der Waals surface area (Å²) in [5.41, 5.74) is 2.51. The van der Waals surface area contributed by atoms with Gasteiger partial charge in [0, 0.05) is 19.4 Å². The summed E-state index contributed by atoms with van der Waals surface area (Å²) in [6.07, 6.45) is 3.47. The van der Waals surface area contributed by atoms with E-state index in [2.05, 4.69) is 41.5 Å². The van der Waals surface area contributed by atoms with Crippen molar-refractivity contribution in [2.24, 2.45) is 0 Å². The Morgan fingerprint density at radius 2 is 2.24 bits per heavy atom. The van der Waals surface area contributed by atoms with Crippen LogP contribution in [0.2, 0.25) is 0 Å². The van der Waals surface area contributed by atoms with E-state index < -0.39 is 0 Å². The minimum absolute atomic E-state index is 0.765. The van der Waals surface area contributed by atoms with E-state index in [4.69, 9.17) is 4.42 Å². The zero-order valence-corrected chi connectivity index (χ0v) is 10.4. The van der Waals surface area contributed by atoms with Crippen molar-refractivity contribution >= 4 is 0 Å². The molecule has 0 aliphatic heterocycles. The number of nitrogens with zero attached hydrogens (tertiary/aromatic N) is 1.